The van der Waals surface area contributed by atoms with Crippen molar-refractivity contribution in [1.29, 1.82) is 0 Å². The van der Waals surface area contributed by atoms with E-state index < -0.39 is 79.1 Å². The van der Waals surface area contributed by atoms with E-state index in [1.807, 2.05) is 0 Å². The molecule has 1 fully saturated rings. The summed E-state index contributed by atoms with van der Waals surface area (Å²) >= 11 is 0. The van der Waals surface area contributed by atoms with Gasteiger partial charge in [0.15, 0.2) is 6.61 Å². The lowest BCUT2D eigenvalue weighted by molar-refractivity contribution is -0.182. The average molecular weight is 685 g/mol. The number of alkyl halides is 3. The molecule has 0 saturated carbocycles. The number of aliphatic hydroxyl groups excluding tert-OH is 1. The molecule has 0 bridgehead atoms. The lowest BCUT2D eigenvalue weighted by Crippen LogP contribution is -2.44. The van der Waals surface area contributed by atoms with Crippen LogP contribution in [0.25, 0.3) is 6.08 Å². The molecule has 0 spiro atoms. The van der Waals surface area contributed by atoms with Gasteiger partial charge in [0.05, 0.1) is 18.2 Å². The number of nitrogens with one attached hydrogen (secondary N) is 2. The molecule has 1 heterocycles. The van der Waals surface area contributed by atoms with Gasteiger partial charge in [-0.1, -0.05) is 18.2 Å². The highest BCUT2D eigenvalue weighted by Gasteiger charge is 2.42. The summed E-state index contributed by atoms with van der Waals surface area (Å²) in [4.78, 5) is 62.2. The number of benzene rings is 1. The van der Waals surface area contributed by atoms with E-state index in [2.05, 4.69) is 15.4 Å². The van der Waals surface area contributed by atoms with Crippen molar-refractivity contribution in [3.05, 3.63) is 53.1 Å². The normalized spacial score (nSPS) is 19.9. The predicted octanol–water partition coefficient (Wildman–Crippen LogP) is 2.51. The van der Waals surface area contributed by atoms with E-state index in [9.17, 15) is 42.3 Å². The van der Waals surface area contributed by atoms with Crippen LogP contribution < -0.4 is 10.6 Å². The second-order valence-corrected chi connectivity index (χ2v) is 11.9. The summed E-state index contributed by atoms with van der Waals surface area (Å²) in [6.45, 7) is 2.85. The largest absolute Gasteiger partial charge is 0.460 e. The van der Waals surface area contributed by atoms with Gasteiger partial charge in [-0.3, -0.25) is 14.4 Å². The molecule has 1 aromatic carbocycles. The lowest BCUT2D eigenvalue weighted by atomic mass is 9.91. The first-order valence-corrected chi connectivity index (χ1v) is 15.1. The minimum absolute atomic E-state index is 0.00433. The van der Waals surface area contributed by atoms with Gasteiger partial charge in [0.1, 0.15) is 30.7 Å². The molecule has 1 saturated heterocycles. The molecule has 3 rings (SSSR count). The molecule has 0 aromatic heterocycles. The van der Waals surface area contributed by atoms with Crippen LogP contribution in [0.2, 0.25) is 0 Å². The third kappa shape index (κ3) is 12.7. The van der Waals surface area contributed by atoms with Gasteiger partial charge in [-0.2, -0.15) is 13.2 Å². The Labute approximate surface area is 274 Å². The standard InChI is InChI=1S/C32H39F3N2O11/c1-31(2,3)48-27(41)11-9-21(16-38)37-25(39)12-13-36-29(42)20-14-23-28(46-18-45-23)24(15-20)47-30(43)22-7-5-4-6-19(22)8-10-26(40)44-17-32(33,34)35/h4-8,10,14,21,23-24,28,38H,9,11-13,15-18H2,1-3H3,(H,36,42)(H,37,39). The maximum absolute atomic E-state index is 13.2. The van der Waals surface area contributed by atoms with Crippen LogP contribution >= 0.6 is 0 Å². The zero-order valence-electron chi connectivity index (χ0n) is 26.7. The molecule has 1 aliphatic carbocycles. The number of aliphatic hydroxyl groups is 1. The summed E-state index contributed by atoms with van der Waals surface area (Å²) in [6.07, 6.45) is -3.72. The van der Waals surface area contributed by atoms with Crippen molar-refractivity contribution in [2.24, 2.45) is 0 Å². The number of carbonyl (C=O) groups excluding carboxylic acids is 5. The smallest absolute Gasteiger partial charge is 0.422 e. The Morgan fingerprint density at radius 2 is 1.81 bits per heavy atom. The fourth-order valence-corrected chi connectivity index (χ4v) is 4.71. The predicted molar refractivity (Wildman–Crippen MR) is 161 cm³/mol. The van der Waals surface area contributed by atoms with Gasteiger partial charge < -0.3 is 39.4 Å². The third-order valence-electron chi connectivity index (χ3n) is 6.85. The molecule has 1 aliphatic heterocycles. The van der Waals surface area contributed by atoms with Crippen LogP contribution in [0.15, 0.2) is 42.0 Å². The molecule has 4 atom stereocenters. The van der Waals surface area contributed by atoms with Crippen LogP contribution in [-0.2, 0) is 42.9 Å². The minimum Gasteiger partial charge on any atom is -0.460 e. The van der Waals surface area contributed by atoms with E-state index in [0.717, 1.165) is 12.2 Å². The van der Waals surface area contributed by atoms with E-state index in [1.54, 1.807) is 32.9 Å². The summed E-state index contributed by atoms with van der Waals surface area (Å²) in [5, 5.41) is 14.8. The molecular weight excluding hydrogens is 645 g/mol. The molecule has 4 unspecified atom stereocenters. The Morgan fingerprint density at radius 1 is 1.08 bits per heavy atom. The third-order valence-corrected chi connectivity index (χ3v) is 6.85. The van der Waals surface area contributed by atoms with Crippen LogP contribution in [0, 0.1) is 0 Å². The van der Waals surface area contributed by atoms with Gasteiger partial charge in [0.2, 0.25) is 11.8 Å². The number of hydrogen-bond acceptors (Lipinski definition) is 11. The van der Waals surface area contributed by atoms with Crippen molar-refractivity contribution in [2.45, 2.75) is 82.6 Å². The Morgan fingerprint density at radius 3 is 2.50 bits per heavy atom. The minimum atomic E-state index is -4.69. The van der Waals surface area contributed by atoms with Crippen LogP contribution in [0.3, 0.4) is 0 Å². The first-order chi connectivity index (χ1) is 22.5. The van der Waals surface area contributed by atoms with Gasteiger partial charge >= 0.3 is 24.1 Å². The van der Waals surface area contributed by atoms with E-state index in [0.29, 0.717) is 0 Å². The van der Waals surface area contributed by atoms with Crippen LogP contribution in [0.5, 0.6) is 0 Å². The van der Waals surface area contributed by atoms with Gasteiger partial charge in [-0.05, 0) is 51.0 Å². The number of ether oxygens (including phenoxy) is 5. The molecule has 13 nitrogen and oxygen atoms in total. The van der Waals surface area contributed by atoms with E-state index in [4.69, 9.17) is 18.9 Å². The molecule has 0 radical (unpaired) electrons. The van der Waals surface area contributed by atoms with Crippen molar-refractivity contribution in [1.82, 2.24) is 10.6 Å². The molecule has 264 valence electrons. The lowest BCUT2D eigenvalue weighted by Gasteiger charge is -2.30. The summed E-state index contributed by atoms with van der Waals surface area (Å²) in [5.74, 6) is -3.57. The van der Waals surface area contributed by atoms with Crippen LogP contribution in [0.4, 0.5) is 13.2 Å². The molecule has 3 N–H and O–H groups in total. The van der Waals surface area contributed by atoms with Crippen molar-refractivity contribution in [2.75, 3.05) is 26.6 Å². The maximum Gasteiger partial charge on any atom is 0.422 e. The number of hydrogen-bond donors (Lipinski definition) is 3. The van der Waals surface area contributed by atoms with E-state index in [-0.39, 0.29) is 55.7 Å². The molecule has 48 heavy (non-hydrogen) atoms. The fourth-order valence-electron chi connectivity index (χ4n) is 4.71. The summed E-state index contributed by atoms with van der Waals surface area (Å²) < 4.78 is 63.1. The first kappa shape index (κ1) is 38.2. The molecular formula is C32H39F3N2O11. The highest BCUT2D eigenvalue weighted by Crippen LogP contribution is 2.31. The van der Waals surface area contributed by atoms with Gasteiger partial charge in [-0.15, -0.1) is 0 Å². The van der Waals surface area contributed by atoms with E-state index in [1.165, 1.54) is 18.2 Å². The van der Waals surface area contributed by atoms with Crippen molar-refractivity contribution >= 4 is 35.8 Å². The Kier molecular flexibility index (Phi) is 13.7. The van der Waals surface area contributed by atoms with E-state index >= 15 is 0 Å². The SMILES string of the molecule is CC(C)(C)OC(=O)CCC(CO)NC(=O)CCNC(=O)C1=CC2OCOC2C(OC(=O)c2ccccc2C=CC(=O)OCC(F)(F)F)C1. The summed E-state index contributed by atoms with van der Waals surface area (Å²) in [7, 11) is 0. The number of carbonyl (C=O) groups is 5. The zero-order chi connectivity index (χ0) is 35.5. The fraction of sp³-hybridized carbons (Fsp3) is 0.531. The topological polar surface area (TPSA) is 176 Å². The number of esters is 3. The highest BCUT2D eigenvalue weighted by atomic mass is 19.4. The van der Waals surface area contributed by atoms with Crippen LogP contribution in [-0.4, -0.2) is 97.5 Å². The maximum atomic E-state index is 13.2. The molecule has 1 aromatic rings. The quantitative estimate of drug-likeness (QED) is 0.149. The van der Waals surface area contributed by atoms with Crippen molar-refractivity contribution < 1.29 is 65.9 Å². The monoisotopic (exact) mass is 684 g/mol. The Hall–Kier alpha value is -4.28. The second kappa shape index (κ2) is 17.2. The second-order valence-electron chi connectivity index (χ2n) is 11.9. The number of amides is 2. The molecule has 2 aliphatic rings. The molecule has 2 amide bonds. The number of rotatable bonds is 14. The Balaban J connectivity index is 1.54. The number of fused-ring (bicyclic) bond motifs is 1. The van der Waals surface area contributed by atoms with Gasteiger partial charge in [-0.25, -0.2) is 9.59 Å². The van der Waals surface area contributed by atoms with Crippen molar-refractivity contribution in [3.8, 4) is 0 Å². The average Bonchev–Trinajstić information content (AvgIpc) is 3.49. The zero-order valence-corrected chi connectivity index (χ0v) is 26.7. The number of halogens is 3. The molecule has 16 heteroatoms. The van der Waals surface area contributed by atoms with Crippen molar-refractivity contribution in [3.63, 3.8) is 0 Å². The summed E-state index contributed by atoms with van der Waals surface area (Å²) in [5.41, 5.74) is -0.282. The highest BCUT2D eigenvalue weighted by molar-refractivity contribution is 5.96. The first-order valence-electron chi connectivity index (χ1n) is 15.1. The van der Waals surface area contributed by atoms with Gasteiger partial charge in [0.25, 0.3) is 0 Å². The Bertz CT molecular complexity index is 1390. The van der Waals surface area contributed by atoms with Crippen LogP contribution in [0.1, 0.15) is 62.4 Å². The summed E-state index contributed by atoms with van der Waals surface area (Å²) in [6, 6.07) is 5.22. The van der Waals surface area contributed by atoms with Gasteiger partial charge in [0, 0.05) is 37.5 Å².